The number of carboxylic acid groups (broad SMARTS) is 1. The molecule has 3 aromatic carbocycles. The van der Waals surface area contributed by atoms with E-state index in [9.17, 15) is 24.0 Å². The highest BCUT2D eigenvalue weighted by molar-refractivity contribution is 6.05. The van der Waals surface area contributed by atoms with Gasteiger partial charge in [0.2, 0.25) is 0 Å². The van der Waals surface area contributed by atoms with E-state index in [1.165, 1.54) is 25.0 Å². The molecule has 0 atom stereocenters. The van der Waals surface area contributed by atoms with E-state index < -0.39 is 11.6 Å². The van der Waals surface area contributed by atoms with Gasteiger partial charge in [-0.15, -0.1) is 0 Å². The van der Waals surface area contributed by atoms with Gasteiger partial charge in [-0.25, -0.2) is 9.59 Å². The van der Waals surface area contributed by atoms with Crippen molar-refractivity contribution < 1.29 is 38.6 Å². The van der Waals surface area contributed by atoms with E-state index in [-0.39, 0.29) is 42.0 Å². The molecule has 13 nitrogen and oxygen atoms in total. The average molecular weight is 716 g/mol. The molecule has 6 N–H and O–H groups in total. The van der Waals surface area contributed by atoms with Crippen molar-refractivity contribution in [2.45, 2.75) is 83.9 Å². The molecule has 0 bridgehead atoms. The zero-order valence-electron chi connectivity index (χ0n) is 30.0. The Labute approximate surface area is 304 Å². The predicted octanol–water partition coefficient (Wildman–Crippen LogP) is 6.19. The van der Waals surface area contributed by atoms with E-state index in [1.54, 1.807) is 54.6 Å². The molecule has 1 heterocycles. The van der Waals surface area contributed by atoms with Gasteiger partial charge in [-0.2, -0.15) is 0 Å². The number of carbonyl (C=O) groups excluding carboxylic acids is 4. The fourth-order valence-electron chi connectivity index (χ4n) is 5.32. The van der Waals surface area contributed by atoms with Gasteiger partial charge in [0.1, 0.15) is 11.4 Å². The summed E-state index contributed by atoms with van der Waals surface area (Å²) in [5, 5.41) is 17.3. The number of carbonyl (C=O) groups is 5. The minimum Gasteiger partial charge on any atom is -0.482 e. The van der Waals surface area contributed by atoms with Gasteiger partial charge in [-0.1, -0.05) is 37.5 Å². The van der Waals surface area contributed by atoms with Gasteiger partial charge in [-0.3, -0.25) is 14.4 Å². The van der Waals surface area contributed by atoms with E-state index in [0.29, 0.717) is 41.3 Å². The number of rotatable bonds is 14. The van der Waals surface area contributed by atoms with Crippen LogP contribution in [-0.4, -0.2) is 71.1 Å². The molecule has 278 valence electrons. The number of amides is 4. The number of hydrogen-bond acceptors (Lipinski definition) is 8. The SMILES string of the molecule is CC(C)(C)OC(=O)NCCCCCCCN.O=C1COc2cc(C(=O)N(Cc3ccc(C(=O)Nc4cccc(C(=O)O)c4)cc3)C3CC3)ccc2N1. The number of aromatic carboxylic acids is 1. The second kappa shape index (κ2) is 18.7. The van der Waals surface area contributed by atoms with Crippen molar-refractivity contribution in [1.82, 2.24) is 10.2 Å². The van der Waals surface area contributed by atoms with Crippen LogP contribution in [0.2, 0.25) is 0 Å². The molecule has 4 amide bonds. The maximum absolute atomic E-state index is 13.3. The Bertz CT molecular complexity index is 1720. The van der Waals surface area contributed by atoms with Crippen LogP contribution in [0.25, 0.3) is 0 Å². The lowest BCUT2D eigenvalue weighted by molar-refractivity contribution is -0.118. The van der Waals surface area contributed by atoms with Gasteiger partial charge in [0.25, 0.3) is 17.7 Å². The van der Waals surface area contributed by atoms with E-state index in [1.807, 2.05) is 25.7 Å². The molecule has 52 heavy (non-hydrogen) atoms. The number of hydrogen-bond donors (Lipinski definition) is 5. The molecule has 1 saturated carbocycles. The van der Waals surface area contributed by atoms with Crippen LogP contribution in [0.3, 0.4) is 0 Å². The molecule has 1 aliphatic carbocycles. The lowest BCUT2D eigenvalue weighted by Crippen LogP contribution is -2.33. The van der Waals surface area contributed by atoms with Crippen molar-refractivity contribution in [2.75, 3.05) is 30.3 Å². The topological polar surface area (TPSA) is 189 Å². The highest BCUT2D eigenvalue weighted by Crippen LogP contribution is 2.33. The maximum Gasteiger partial charge on any atom is 0.407 e. The smallest absolute Gasteiger partial charge is 0.407 e. The van der Waals surface area contributed by atoms with Crippen molar-refractivity contribution in [2.24, 2.45) is 5.73 Å². The molecule has 1 aliphatic heterocycles. The lowest BCUT2D eigenvalue weighted by atomic mass is 10.1. The number of benzene rings is 3. The minimum absolute atomic E-state index is 0.0814. The first-order valence-electron chi connectivity index (χ1n) is 17.6. The van der Waals surface area contributed by atoms with Crippen molar-refractivity contribution in [3.8, 4) is 5.75 Å². The largest absolute Gasteiger partial charge is 0.482 e. The highest BCUT2D eigenvalue weighted by Gasteiger charge is 2.33. The summed E-state index contributed by atoms with van der Waals surface area (Å²) in [5.41, 5.74) is 7.78. The Hall–Kier alpha value is -5.43. The molecule has 13 heteroatoms. The van der Waals surface area contributed by atoms with Crippen molar-refractivity contribution in [1.29, 1.82) is 0 Å². The Balaban J connectivity index is 0.000000321. The van der Waals surface area contributed by atoms with Crippen LogP contribution < -0.4 is 26.4 Å². The Kier molecular flexibility index (Phi) is 14.2. The van der Waals surface area contributed by atoms with Crippen molar-refractivity contribution in [3.05, 3.63) is 89.0 Å². The number of unbranched alkanes of at least 4 members (excludes halogenated alkanes) is 4. The van der Waals surface area contributed by atoms with Crippen molar-refractivity contribution >= 4 is 41.2 Å². The van der Waals surface area contributed by atoms with Gasteiger partial charge in [0.05, 0.1) is 11.3 Å². The summed E-state index contributed by atoms with van der Waals surface area (Å²) in [6.45, 7) is 7.36. The second-order valence-electron chi connectivity index (χ2n) is 13.7. The maximum atomic E-state index is 13.3. The molecule has 0 radical (unpaired) electrons. The van der Waals surface area contributed by atoms with Crippen LogP contribution >= 0.6 is 0 Å². The van der Waals surface area contributed by atoms with Crippen LogP contribution in [0, 0.1) is 0 Å². The summed E-state index contributed by atoms with van der Waals surface area (Å²) in [5.74, 6) is -1.31. The summed E-state index contributed by atoms with van der Waals surface area (Å²) in [6.07, 6.45) is 7.14. The minimum atomic E-state index is -1.07. The predicted molar refractivity (Wildman–Crippen MR) is 198 cm³/mol. The molecule has 2 aliphatic rings. The zero-order valence-corrected chi connectivity index (χ0v) is 30.0. The molecule has 0 spiro atoms. The first-order chi connectivity index (χ1) is 24.8. The van der Waals surface area contributed by atoms with E-state index in [4.69, 9.17) is 20.3 Å². The molecular weight excluding hydrogens is 666 g/mol. The second-order valence-corrected chi connectivity index (χ2v) is 13.7. The van der Waals surface area contributed by atoms with Gasteiger partial charge < -0.3 is 41.2 Å². The van der Waals surface area contributed by atoms with E-state index >= 15 is 0 Å². The van der Waals surface area contributed by atoms with Crippen molar-refractivity contribution in [3.63, 3.8) is 0 Å². The lowest BCUT2D eigenvalue weighted by Gasteiger charge is -2.24. The average Bonchev–Trinajstić information content (AvgIpc) is 3.95. The number of nitrogens with zero attached hydrogens (tertiary/aromatic N) is 1. The first kappa shape index (κ1) is 39.4. The van der Waals surface area contributed by atoms with Crippen LogP contribution in [-0.2, 0) is 16.1 Å². The fraction of sp³-hybridized carbons (Fsp3) is 0.410. The van der Waals surface area contributed by atoms with Gasteiger partial charge >= 0.3 is 12.1 Å². The van der Waals surface area contributed by atoms with E-state index in [0.717, 1.165) is 44.2 Å². The number of ether oxygens (including phenoxy) is 2. The third kappa shape index (κ3) is 12.7. The van der Waals surface area contributed by atoms with Crippen LogP contribution in [0.5, 0.6) is 5.75 Å². The summed E-state index contributed by atoms with van der Waals surface area (Å²) in [7, 11) is 0. The summed E-state index contributed by atoms with van der Waals surface area (Å²) < 4.78 is 10.6. The first-order valence-corrected chi connectivity index (χ1v) is 17.6. The van der Waals surface area contributed by atoms with Crippen LogP contribution in [0.1, 0.15) is 102 Å². The number of anilines is 2. The molecule has 0 saturated heterocycles. The van der Waals surface area contributed by atoms with Gasteiger partial charge in [0.15, 0.2) is 6.61 Å². The number of nitrogens with two attached hydrogens (primary N) is 1. The van der Waals surface area contributed by atoms with Crippen LogP contribution in [0.4, 0.5) is 16.2 Å². The molecule has 0 aromatic heterocycles. The molecule has 5 rings (SSSR count). The normalized spacial score (nSPS) is 13.3. The molecule has 3 aromatic rings. The summed E-state index contributed by atoms with van der Waals surface area (Å²) in [4.78, 5) is 61.6. The fourth-order valence-corrected chi connectivity index (χ4v) is 5.32. The Morgan fingerprint density at radius 3 is 2.29 bits per heavy atom. The summed E-state index contributed by atoms with van der Waals surface area (Å²) >= 11 is 0. The number of fused-ring (bicyclic) bond motifs is 1. The third-order valence-electron chi connectivity index (χ3n) is 8.10. The third-order valence-corrected chi connectivity index (χ3v) is 8.10. The number of carboxylic acids is 1. The molecular formula is C39H49N5O8. The Morgan fingerprint density at radius 1 is 0.923 bits per heavy atom. The summed E-state index contributed by atoms with van der Waals surface area (Å²) in [6, 6.07) is 18.2. The highest BCUT2D eigenvalue weighted by atomic mass is 16.6. The monoisotopic (exact) mass is 715 g/mol. The van der Waals surface area contributed by atoms with Gasteiger partial charge in [-0.05, 0) is 107 Å². The quantitative estimate of drug-likeness (QED) is 0.121. The number of alkyl carbamates (subject to hydrolysis) is 1. The number of nitrogens with one attached hydrogen (secondary N) is 3. The zero-order chi connectivity index (χ0) is 37.7. The molecule has 1 fully saturated rings. The van der Waals surface area contributed by atoms with Gasteiger partial charge in [0, 0.05) is 35.9 Å². The standard InChI is InChI=1S/C27H23N3O6.C12H26N2O2/c31-24-15-36-23-13-18(8-11-22(23)29-24)26(33)30(21-9-10-21)14-16-4-6-17(7-5-16)25(32)28-20-3-1-2-19(12-20)27(34)35;1-12(2,3)16-11(15)14-10-8-6-4-5-7-9-13/h1-8,11-13,21H,9-10,14-15H2,(H,28,32)(H,29,31)(H,34,35);4-10,13H2,1-3H3,(H,14,15). The molecule has 0 unspecified atom stereocenters. The van der Waals surface area contributed by atoms with Crippen LogP contribution in [0.15, 0.2) is 66.7 Å². The van der Waals surface area contributed by atoms with E-state index in [2.05, 4.69) is 16.0 Å². The Morgan fingerprint density at radius 2 is 1.62 bits per heavy atom.